The van der Waals surface area contributed by atoms with Gasteiger partial charge in [-0.25, -0.2) is 4.79 Å². The van der Waals surface area contributed by atoms with Crippen molar-refractivity contribution in [2.75, 3.05) is 6.54 Å². The van der Waals surface area contributed by atoms with Gasteiger partial charge in [0.25, 0.3) is 0 Å². The molecule has 1 aromatic rings. The van der Waals surface area contributed by atoms with E-state index in [0.29, 0.717) is 13.0 Å². The molecular formula is C11H16N2O2. The molecule has 1 amide bonds. The third kappa shape index (κ3) is 3.99. The summed E-state index contributed by atoms with van der Waals surface area (Å²) >= 11 is 0. The summed E-state index contributed by atoms with van der Waals surface area (Å²) in [5.74, 6) is 0. The highest BCUT2D eigenvalue weighted by atomic mass is 16.4. The van der Waals surface area contributed by atoms with E-state index >= 15 is 0 Å². The molecule has 4 N–H and O–H groups in total. The van der Waals surface area contributed by atoms with Gasteiger partial charge in [-0.15, -0.1) is 0 Å². The molecule has 0 aliphatic carbocycles. The van der Waals surface area contributed by atoms with Gasteiger partial charge in [0.2, 0.25) is 0 Å². The van der Waals surface area contributed by atoms with E-state index in [9.17, 15) is 4.79 Å². The second kappa shape index (κ2) is 5.36. The Bertz CT molecular complexity index is 320. The van der Waals surface area contributed by atoms with E-state index in [1.54, 1.807) is 0 Å². The summed E-state index contributed by atoms with van der Waals surface area (Å²) in [4.78, 5) is 10.2. The SMILES string of the molecule is CC(N)c1ccc(CCNC(=O)O)cc1. The first-order valence-corrected chi connectivity index (χ1v) is 4.91. The monoisotopic (exact) mass is 208 g/mol. The Hall–Kier alpha value is -1.55. The molecule has 0 aliphatic rings. The number of carbonyl (C=O) groups is 1. The van der Waals surface area contributed by atoms with Gasteiger partial charge in [0.15, 0.2) is 0 Å². The van der Waals surface area contributed by atoms with Gasteiger partial charge in [0.1, 0.15) is 0 Å². The lowest BCUT2D eigenvalue weighted by Gasteiger charge is -2.06. The maximum atomic E-state index is 10.2. The molecule has 0 radical (unpaired) electrons. The summed E-state index contributed by atoms with van der Waals surface area (Å²) in [7, 11) is 0. The van der Waals surface area contributed by atoms with Crippen molar-refractivity contribution >= 4 is 6.09 Å². The standard InChI is InChI=1S/C11H16N2O2/c1-8(12)10-4-2-9(3-5-10)6-7-13-11(14)15/h2-5,8,13H,6-7,12H2,1H3,(H,14,15). The number of nitrogens with two attached hydrogens (primary N) is 1. The minimum Gasteiger partial charge on any atom is -0.465 e. The number of amides is 1. The van der Waals surface area contributed by atoms with Crippen molar-refractivity contribution in [1.29, 1.82) is 0 Å². The molecule has 0 saturated heterocycles. The highest BCUT2D eigenvalue weighted by Crippen LogP contribution is 2.10. The van der Waals surface area contributed by atoms with E-state index in [4.69, 9.17) is 10.8 Å². The first-order chi connectivity index (χ1) is 7.09. The molecule has 0 aromatic heterocycles. The van der Waals surface area contributed by atoms with Gasteiger partial charge in [-0.05, 0) is 24.5 Å². The Morgan fingerprint density at radius 1 is 1.47 bits per heavy atom. The minimum absolute atomic E-state index is 0.0381. The number of nitrogens with one attached hydrogen (secondary N) is 1. The molecule has 15 heavy (non-hydrogen) atoms. The van der Waals surface area contributed by atoms with Gasteiger partial charge in [0.05, 0.1) is 0 Å². The van der Waals surface area contributed by atoms with E-state index in [1.807, 2.05) is 31.2 Å². The van der Waals surface area contributed by atoms with E-state index in [-0.39, 0.29) is 6.04 Å². The average Bonchev–Trinajstić information content (AvgIpc) is 2.18. The number of benzene rings is 1. The molecule has 1 rings (SSSR count). The van der Waals surface area contributed by atoms with Crippen molar-refractivity contribution < 1.29 is 9.90 Å². The molecule has 4 heteroatoms. The number of hydrogen-bond acceptors (Lipinski definition) is 2. The molecule has 0 spiro atoms. The molecule has 0 saturated carbocycles. The third-order valence-corrected chi connectivity index (χ3v) is 2.20. The largest absolute Gasteiger partial charge is 0.465 e. The van der Waals surface area contributed by atoms with Crippen LogP contribution < -0.4 is 11.1 Å². The summed E-state index contributed by atoms with van der Waals surface area (Å²) in [6, 6.07) is 7.93. The Balaban J connectivity index is 2.46. The van der Waals surface area contributed by atoms with Crippen molar-refractivity contribution in [2.45, 2.75) is 19.4 Å². The quantitative estimate of drug-likeness (QED) is 0.702. The summed E-state index contributed by atoms with van der Waals surface area (Å²) in [6.07, 6.45) is -0.284. The van der Waals surface area contributed by atoms with E-state index in [2.05, 4.69) is 5.32 Å². The van der Waals surface area contributed by atoms with Crippen molar-refractivity contribution in [3.63, 3.8) is 0 Å². The Kier molecular flexibility index (Phi) is 4.12. The van der Waals surface area contributed by atoms with Crippen LogP contribution in [0.2, 0.25) is 0 Å². The molecular weight excluding hydrogens is 192 g/mol. The van der Waals surface area contributed by atoms with Crippen LogP contribution in [-0.4, -0.2) is 17.7 Å². The predicted octanol–water partition coefficient (Wildman–Crippen LogP) is 1.52. The number of rotatable bonds is 4. The van der Waals surface area contributed by atoms with Gasteiger partial charge >= 0.3 is 6.09 Å². The van der Waals surface area contributed by atoms with Crippen LogP contribution in [0.25, 0.3) is 0 Å². The Morgan fingerprint density at radius 3 is 2.53 bits per heavy atom. The second-order valence-corrected chi connectivity index (χ2v) is 3.51. The summed E-state index contributed by atoms with van der Waals surface area (Å²) in [6.45, 7) is 2.37. The zero-order chi connectivity index (χ0) is 11.3. The molecule has 82 valence electrons. The molecule has 0 heterocycles. The van der Waals surface area contributed by atoms with Gasteiger partial charge in [-0.3, -0.25) is 0 Å². The van der Waals surface area contributed by atoms with Crippen LogP contribution in [0, 0.1) is 0 Å². The van der Waals surface area contributed by atoms with Crippen LogP contribution in [-0.2, 0) is 6.42 Å². The third-order valence-electron chi connectivity index (χ3n) is 2.20. The normalized spacial score (nSPS) is 12.1. The van der Waals surface area contributed by atoms with E-state index in [1.165, 1.54) is 0 Å². The topological polar surface area (TPSA) is 75.3 Å². The minimum atomic E-state index is -0.984. The molecule has 1 atom stereocenters. The van der Waals surface area contributed by atoms with Crippen LogP contribution >= 0.6 is 0 Å². The van der Waals surface area contributed by atoms with Gasteiger partial charge in [0, 0.05) is 12.6 Å². The zero-order valence-corrected chi connectivity index (χ0v) is 8.73. The van der Waals surface area contributed by atoms with Crippen molar-refractivity contribution in [3.05, 3.63) is 35.4 Å². The van der Waals surface area contributed by atoms with Crippen LogP contribution in [0.5, 0.6) is 0 Å². The first kappa shape index (κ1) is 11.5. The van der Waals surface area contributed by atoms with Crippen LogP contribution in [0.4, 0.5) is 4.79 Å². The lowest BCUT2D eigenvalue weighted by molar-refractivity contribution is 0.194. The molecule has 4 nitrogen and oxygen atoms in total. The van der Waals surface area contributed by atoms with Crippen LogP contribution in [0.3, 0.4) is 0 Å². The fraction of sp³-hybridized carbons (Fsp3) is 0.364. The summed E-state index contributed by atoms with van der Waals surface area (Å²) in [5, 5.41) is 10.7. The van der Waals surface area contributed by atoms with Crippen molar-refractivity contribution in [1.82, 2.24) is 5.32 Å². The number of carboxylic acid groups (broad SMARTS) is 1. The molecule has 0 fully saturated rings. The first-order valence-electron chi connectivity index (χ1n) is 4.91. The van der Waals surface area contributed by atoms with Crippen molar-refractivity contribution in [2.24, 2.45) is 5.73 Å². The predicted molar refractivity (Wildman–Crippen MR) is 58.8 cm³/mol. The zero-order valence-electron chi connectivity index (χ0n) is 8.73. The fourth-order valence-electron chi connectivity index (χ4n) is 1.30. The molecule has 0 aliphatic heterocycles. The van der Waals surface area contributed by atoms with Crippen LogP contribution in [0.1, 0.15) is 24.1 Å². The molecule has 1 unspecified atom stereocenters. The smallest absolute Gasteiger partial charge is 0.404 e. The number of hydrogen-bond donors (Lipinski definition) is 3. The maximum Gasteiger partial charge on any atom is 0.404 e. The second-order valence-electron chi connectivity index (χ2n) is 3.51. The van der Waals surface area contributed by atoms with E-state index < -0.39 is 6.09 Å². The lowest BCUT2D eigenvalue weighted by Crippen LogP contribution is -2.23. The lowest BCUT2D eigenvalue weighted by atomic mass is 10.1. The van der Waals surface area contributed by atoms with Gasteiger partial charge in [-0.1, -0.05) is 24.3 Å². The highest BCUT2D eigenvalue weighted by Gasteiger charge is 1.99. The fourth-order valence-corrected chi connectivity index (χ4v) is 1.30. The summed E-state index contributed by atoms with van der Waals surface area (Å²) < 4.78 is 0. The maximum absolute atomic E-state index is 10.2. The highest BCUT2D eigenvalue weighted by molar-refractivity contribution is 5.64. The Labute approximate surface area is 89.1 Å². The van der Waals surface area contributed by atoms with Crippen molar-refractivity contribution in [3.8, 4) is 0 Å². The van der Waals surface area contributed by atoms with E-state index in [0.717, 1.165) is 11.1 Å². The average molecular weight is 208 g/mol. The Morgan fingerprint density at radius 2 is 2.07 bits per heavy atom. The van der Waals surface area contributed by atoms with Gasteiger partial charge in [-0.2, -0.15) is 0 Å². The van der Waals surface area contributed by atoms with Crippen LogP contribution in [0.15, 0.2) is 24.3 Å². The molecule has 1 aromatic carbocycles. The summed E-state index contributed by atoms with van der Waals surface area (Å²) in [5.41, 5.74) is 7.91. The van der Waals surface area contributed by atoms with Gasteiger partial charge < -0.3 is 16.2 Å². The molecule has 0 bridgehead atoms.